The molecule has 2 aromatic carbocycles. The zero-order valence-electron chi connectivity index (χ0n) is 19.1. The first-order chi connectivity index (χ1) is 16.7. The number of fused-ring (bicyclic) bond motifs is 1. The Labute approximate surface area is 203 Å². The number of ether oxygens (including phenoxy) is 2. The number of aromatic nitrogens is 2. The average Bonchev–Trinajstić information content (AvgIpc) is 2.84. The van der Waals surface area contributed by atoms with E-state index in [1.54, 1.807) is 12.1 Å². The second-order valence-electron chi connectivity index (χ2n) is 7.40. The number of nitrogens with one attached hydrogen (secondary N) is 1. The van der Waals surface area contributed by atoms with Gasteiger partial charge in [0.1, 0.15) is 0 Å². The molecule has 3 rings (SSSR count). The molecule has 1 heterocycles. The summed E-state index contributed by atoms with van der Waals surface area (Å²) in [6.07, 6.45) is -2.58. The van der Waals surface area contributed by atoms with Crippen LogP contribution in [0.1, 0.15) is 11.1 Å². The lowest BCUT2D eigenvalue weighted by molar-refractivity contribution is -0.137. The van der Waals surface area contributed by atoms with Crippen molar-refractivity contribution in [3.63, 3.8) is 0 Å². The molecule has 0 saturated carbocycles. The molecule has 0 aliphatic carbocycles. The Hall–Kier alpha value is -3.47. The number of halogens is 3. The van der Waals surface area contributed by atoms with E-state index in [1.165, 1.54) is 37.0 Å². The number of alkyl halides is 3. The van der Waals surface area contributed by atoms with Crippen LogP contribution in [0.3, 0.4) is 0 Å². The third-order valence-electron chi connectivity index (χ3n) is 5.11. The normalized spacial score (nSPS) is 11.3. The average molecular weight is 508 g/mol. The second kappa shape index (κ2) is 11.3. The Morgan fingerprint density at radius 1 is 1.17 bits per heavy atom. The maximum absolute atomic E-state index is 13.4. The highest BCUT2D eigenvalue weighted by Gasteiger charge is 2.29. The fourth-order valence-electron chi connectivity index (χ4n) is 3.30. The van der Waals surface area contributed by atoms with Crippen LogP contribution in [0.25, 0.3) is 10.9 Å². The number of carbonyl (C=O) groups is 1. The third-order valence-corrected chi connectivity index (χ3v) is 6.08. The summed E-state index contributed by atoms with van der Waals surface area (Å²) in [6.45, 7) is 4.01. The molecule has 0 spiro atoms. The highest BCUT2D eigenvalue weighted by molar-refractivity contribution is 7.99. The van der Waals surface area contributed by atoms with Gasteiger partial charge in [-0.2, -0.15) is 13.2 Å². The number of thioether (sulfide) groups is 1. The van der Waals surface area contributed by atoms with Crippen molar-refractivity contribution in [2.24, 2.45) is 0 Å². The topological polar surface area (TPSA) is 82.5 Å². The van der Waals surface area contributed by atoms with E-state index < -0.39 is 11.7 Å². The van der Waals surface area contributed by atoms with E-state index in [1.807, 2.05) is 0 Å². The van der Waals surface area contributed by atoms with E-state index in [2.05, 4.69) is 16.9 Å². The van der Waals surface area contributed by atoms with Crippen LogP contribution in [-0.4, -0.2) is 42.0 Å². The number of aryl methyl sites for hydroxylation is 1. The van der Waals surface area contributed by atoms with Crippen LogP contribution in [-0.2, 0) is 23.9 Å². The minimum atomic E-state index is -4.42. The van der Waals surface area contributed by atoms with Crippen molar-refractivity contribution in [2.45, 2.75) is 24.3 Å². The minimum Gasteiger partial charge on any atom is -0.493 e. The monoisotopic (exact) mass is 507 g/mol. The maximum atomic E-state index is 13.4. The summed E-state index contributed by atoms with van der Waals surface area (Å²) in [5.74, 6) is 0.511. The number of amides is 1. The number of hydrogen-bond donors (Lipinski definition) is 1. The van der Waals surface area contributed by atoms with Crippen LogP contribution in [0.4, 0.5) is 13.2 Å². The Kier molecular flexibility index (Phi) is 8.44. The van der Waals surface area contributed by atoms with Crippen molar-refractivity contribution >= 4 is 28.6 Å². The highest BCUT2D eigenvalue weighted by Crippen LogP contribution is 2.31. The van der Waals surface area contributed by atoms with Gasteiger partial charge in [0.05, 0.1) is 36.4 Å². The van der Waals surface area contributed by atoms with Gasteiger partial charge in [-0.15, -0.1) is 6.58 Å². The van der Waals surface area contributed by atoms with Gasteiger partial charge in [-0.05, 0) is 30.2 Å². The van der Waals surface area contributed by atoms with Gasteiger partial charge in [0.2, 0.25) is 5.91 Å². The molecule has 11 heteroatoms. The molecule has 0 radical (unpaired) electrons. The molecular formula is C24H24F3N3O4S. The van der Waals surface area contributed by atoms with E-state index in [0.717, 1.165) is 23.9 Å². The van der Waals surface area contributed by atoms with E-state index in [-0.39, 0.29) is 35.6 Å². The smallest absolute Gasteiger partial charge is 0.416 e. The Morgan fingerprint density at radius 3 is 2.43 bits per heavy atom. The van der Waals surface area contributed by atoms with E-state index in [4.69, 9.17) is 9.47 Å². The first-order valence-electron chi connectivity index (χ1n) is 10.5. The summed E-state index contributed by atoms with van der Waals surface area (Å²) in [7, 11) is 2.92. The molecule has 0 aliphatic heterocycles. The number of methoxy groups -OCH3 is 2. The first kappa shape index (κ1) is 26.1. The zero-order chi connectivity index (χ0) is 25.6. The summed E-state index contributed by atoms with van der Waals surface area (Å²) in [6, 6.07) is 7.89. The van der Waals surface area contributed by atoms with Gasteiger partial charge in [-0.1, -0.05) is 30.0 Å². The van der Waals surface area contributed by atoms with Crippen LogP contribution in [0.15, 0.2) is 59.0 Å². The summed E-state index contributed by atoms with van der Waals surface area (Å²) in [4.78, 5) is 30.1. The van der Waals surface area contributed by atoms with Gasteiger partial charge in [0.15, 0.2) is 16.7 Å². The van der Waals surface area contributed by atoms with Gasteiger partial charge >= 0.3 is 6.18 Å². The molecule has 35 heavy (non-hydrogen) atoms. The third kappa shape index (κ3) is 6.36. The van der Waals surface area contributed by atoms with Crippen LogP contribution in [0, 0.1) is 0 Å². The molecule has 0 aliphatic rings. The summed E-state index contributed by atoms with van der Waals surface area (Å²) in [5, 5.41) is 3.25. The summed E-state index contributed by atoms with van der Waals surface area (Å²) in [5.41, 5.74) is -0.116. The van der Waals surface area contributed by atoms with Gasteiger partial charge < -0.3 is 14.8 Å². The molecule has 0 fully saturated rings. The Bertz CT molecular complexity index is 1270. The minimum absolute atomic E-state index is 0.0132. The van der Waals surface area contributed by atoms with Crippen molar-refractivity contribution in [1.82, 2.24) is 14.9 Å². The lowest BCUT2D eigenvalue weighted by Crippen LogP contribution is -2.27. The Balaban J connectivity index is 1.97. The van der Waals surface area contributed by atoms with Gasteiger partial charge in [-0.25, -0.2) is 4.98 Å². The molecule has 0 atom stereocenters. The van der Waals surface area contributed by atoms with Crippen LogP contribution in [0.5, 0.6) is 11.5 Å². The second-order valence-corrected chi connectivity index (χ2v) is 8.34. The molecular weight excluding hydrogens is 483 g/mol. The van der Waals surface area contributed by atoms with E-state index in [9.17, 15) is 22.8 Å². The van der Waals surface area contributed by atoms with Crippen LogP contribution < -0.4 is 20.3 Å². The largest absolute Gasteiger partial charge is 0.493 e. The zero-order valence-corrected chi connectivity index (χ0v) is 20.0. The van der Waals surface area contributed by atoms with Crippen molar-refractivity contribution < 1.29 is 27.4 Å². The molecule has 1 amide bonds. The predicted molar refractivity (Wildman–Crippen MR) is 128 cm³/mol. The summed E-state index contributed by atoms with van der Waals surface area (Å²) < 4.78 is 50.6. The van der Waals surface area contributed by atoms with Crippen molar-refractivity contribution in [3.8, 4) is 11.5 Å². The molecule has 3 aromatic rings. The summed E-state index contributed by atoms with van der Waals surface area (Å²) >= 11 is 1.08. The van der Waals surface area contributed by atoms with Crippen molar-refractivity contribution in [1.29, 1.82) is 0 Å². The van der Waals surface area contributed by atoms with Gasteiger partial charge in [-0.3, -0.25) is 14.2 Å². The van der Waals surface area contributed by atoms with Crippen molar-refractivity contribution in [2.75, 3.05) is 26.5 Å². The SMILES string of the molecule is C=CCNC(=O)CSc1nc2cc(OC)c(OC)cc2c(=O)n1CCc1ccc(C(F)(F)F)cc1. The lowest BCUT2D eigenvalue weighted by atomic mass is 10.1. The first-order valence-corrected chi connectivity index (χ1v) is 11.5. The maximum Gasteiger partial charge on any atom is 0.416 e. The fourth-order valence-corrected chi connectivity index (χ4v) is 4.16. The van der Waals surface area contributed by atoms with Crippen LogP contribution >= 0.6 is 11.8 Å². The lowest BCUT2D eigenvalue weighted by Gasteiger charge is -2.15. The van der Waals surface area contributed by atoms with E-state index in [0.29, 0.717) is 34.3 Å². The van der Waals surface area contributed by atoms with Gasteiger partial charge in [0.25, 0.3) is 5.56 Å². The quantitative estimate of drug-likeness (QED) is 0.253. The predicted octanol–water partition coefficient (Wildman–Crippen LogP) is 4.07. The molecule has 0 unspecified atom stereocenters. The standard InChI is InChI=1S/C24H24F3N3O4S/c1-4-10-28-21(31)14-35-23-29-18-13-20(34-3)19(33-2)12-17(18)22(32)30(23)11-9-15-5-7-16(8-6-15)24(25,26)27/h4-8,12-13H,1,9-11,14H2,2-3H3,(H,28,31). The molecule has 186 valence electrons. The number of carbonyl (C=O) groups excluding carboxylic acids is 1. The molecule has 0 bridgehead atoms. The van der Waals surface area contributed by atoms with E-state index >= 15 is 0 Å². The molecule has 1 aromatic heterocycles. The van der Waals surface area contributed by atoms with Crippen LogP contribution in [0.2, 0.25) is 0 Å². The van der Waals surface area contributed by atoms with Gasteiger partial charge in [0, 0.05) is 19.2 Å². The van der Waals surface area contributed by atoms with Crippen molar-refractivity contribution in [3.05, 3.63) is 70.5 Å². The number of nitrogens with zero attached hydrogens (tertiary/aromatic N) is 2. The number of benzene rings is 2. The number of hydrogen-bond acceptors (Lipinski definition) is 6. The molecule has 7 nitrogen and oxygen atoms in total. The fraction of sp³-hybridized carbons (Fsp3) is 0.292. The Morgan fingerprint density at radius 2 is 1.83 bits per heavy atom. The molecule has 1 N–H and O–H groups in total. The highest BCUT2D eigenvalue weighted by atomic mass is 32.2. The molecule has 0 saturated heterocycles. The number of rotatable bonds is 10.